The maximum atomic E-state index is 5.17. The van der Waals surface area contributed by atoms with Crippen LogP contribution in [0.5, 0.6) is 5.75 Å². The van der Waals surface area contributed by atoms with E-state index in [0.29, 0.717) is 12.1 Å². The average Bonchev–Trinajstić information content (AvgIpc) is 2.49. The lowest BCUT2D eigenvalue weighted by Gasteiger charge is -2.26. The van der Waals surface area contributed by atoms with Crippen molar-refractivity contribution < 1.29 is 4.74 Å². The monoisotopic (exact) mass is 276 g/mol. The van der Waals surface area contributed by atoms with Gasteiger partial charge in [0, 0.05) is 12.1 Å². The second kappa shape index (κ2) is 8.28. The van der Waals surface area contributed by atoms with Crippen LogP contribution in [0.1, 0.15) is 38.2 Å². The summed E-state index contributed by atoms with van der Waals surface area (Å²) in [6.45, 7) is 4.54. The van der Waals surface area contributed by atoms with Crippen molar-refractivity contribution in [3.8, 4) is 5.75 Å². The van der Waals surface area contributed by atoms with E-state index >= 15 is 0 Å². The molecule has 1 aromatic carbocycles. The van der Waals surface area contributed by atoms with E-state index in [1.54, 1.807) is 7.11 Å². The highest BCUT2D eigenvalue weighted by Gasteiger charge is 2.15. The maximum Gasteiger partial charge on any atom is 0.118 e. The van der Waals surface area contributed by atoms with Gasteiger partial charge in [-0.2, -0.15) is 0 Å². The van der Waals surface area contributed by atoms with Crippen molar-refractivity contribution in [2.75, 3.05) is 20.2 Å². The minimum atomic E-state index is 0.587. The summed E-state index contributed by atoms with van der Waals surface area (Å²) in [5, 5.41) is 7.25. The normalized spacial score (nSPS) is 20.6. The topological polar surface area (TPSA) is 33.3 Å². The Bertz CT molecular complexity index is 371. The zero-order valence-electron chi connectivity index (χ0n) is 12.8. The number of hydrogen-bond acceptors (Lipinski definition) is 3. The first kappa shape index (κ1) is 15.3. The van der Waals surface area contributed by atoms with Gasteiger partial charge < -0.3 is 15.4 Å². The highest BCUT2D eigenvalue weighted by atomic mass is 16.5. The summed E-state index contributed by atoms with van der Waals surface area (Å²) in [7, 11) is 1.71. The largest absolute Gasteiger partial charge is 0.497 e. The number of rotatable bonds is 7. The van der Waals surface area contributed by atoms with Crippen molar-refractivity contribution in [1.82, 2.24) is 10.6 Å². The van der Waals surface area contributed by atoms with Crippen LogP contribution in [0, 0.1) is 0 Å². The van der Waals surface area contributed by atoms with Crippen LogP contribution in [0.4, 0.5) is 0 Å². The van der Waals surface area contributed by atoms with Crippen molar-refractivity contribution >= 4 is 0 Å². The van der Waals surface area contributed by atoms with Gasteiger partial charge in [-0.15, -0.1) is 0 Å². The van der Waals surface area contributed by atoms with Crippen LogP contribution in [0.2, 0.25) is 0 Å². The highest BCUT2D eigenvalue weighted by Crippen LogP contribution is 2.13. The SMILES string of the molecule is COc1ccc(CCNC(C)CC2CCCCN2)cc1. The molecule has 0 saturated carbocycles. The molecule has 2 rings (SSSR count). The molecule has 2 N–H and O–H groups in total. The molecule has 0 aromatic heterocycles. The van der Waals surface area contributed by atoms with Crippen LogP contribution in [0.3, 0.4) is 0 Å². The van der Waals surface area contributed by atoms with Crippen molar-refractivity contribution in [3.05, 3.63) is 29.8 Å². The first-order chi connectivity index (χ1) is 9.78. The molecule has 3 nitrogen and oxygen atoms in total. The first-order valence-electron chi connectivity index (χ1n) is 7.87. The van der Waals surface area contributed by atoms with E-state index in [4.69, 9.17) is 4.74 Å². The molecule has 0 aliphatic carbocycles. The molecule has 1 saturated heterocycles. The number of methoxy groups -OCH3 is 1. The Kier molecular flexibility index (Phi) is 6.34. The summed E-state index contributed by atoms with van der Waals surface area (Å²) in [4.78, 5) is 0. The second-order valence-electron chi connectivity index (χ2n) is 5.84. The predicted octanol–water partition coefficient (Wildman–Crippen LogP) is 2.75. The van der Waals surface area contributed by atoms with Crippen molar-refractivity contribution in [1.29, 1.82) is 0 Å². The summed E-state index contributed by atoms with van der Waals surface area (Å²) in [6.07, 6.45) is 6.38. The summed E-state index contributed by atoms with van der Waals surface area (Å²) >= 11 is 0. The summed E-state index contributed by atoms with van der Waals surface area (Å²) < 4.78 is 5.17. The lowest BCUT2D eigenvalue weighted by Crippen LogP contribution is -2.40. The Morgan fingerprint density at radius 3 is 2.75 bits per heavy atom. The minimum Gasteiger partial charge on any atom is -0.497 e. The molecule has 1 aliphatic rings. The molecule has 1 heterocycles. The van der Waals surface area contributed by atoms with E-state index in [2.05, 4.69) is 29.7 Å². The fourth-order valence-electron chi connectivity index (χ4n) is 2.89. The fourth-order valence-corrected chi connectivity index (χ4v) is 2.89. The molecule has 3 heteroatoms. The molecule has 2 atom stereocenters. The standard InChI is InChI=1S/C17H28N2O/c1-14(13-16-5-3-4-11-19-16)18-12-10-15-6-8-17(20-2)9-7-15/h6-9,14,16,18-19H,3-5,10-13H2,1-2H3. The molecule has 0 amide bonds. The Balaban J connectivity index is 1.63. The molecule has 0 radical (unpaired) electrons. The molecule has 1 aromatic rings. The van der Waals surface area contributed by atoms with E-state index in [1.165, 1.54) is 37.8 Å². The van der Waals surface area contributed by atoms with Crippen LogP contribution in [0.15, 0.2) is 24.3 Å². The van der Waals surface area contributed by atoms with Crippen molar-refractivity contribution in [2.45, 2.75) is 51.1 Å². The molecular formula is C17H28N2O. The molecule has 0 spiro atoms. The Morgan fingerprint density at radius 1 is 1.30 bits per heavy atom. The van der Waals surface area contributed by atoms with E-state index in [1.807, 2.05) is 12.1 Å². The molecule has 112 valence electrons. The van der Waals surface area contributed by atoms with Gasteiger partial charge in [0.05, 0.1) is 7.11 Å². The summed E-state index contributed by atoms with van der Waals surface area (Å²) in [6, 6.07) is 9.66. The number of benzene rings is 1. The molecule has 2 unspecified atom stereocenters. The van der Waals surface area contributed by atoms with Crippen LogP contribution >= 0.6 is 0 Å². The van der Waals surface area contributed by atoms with Crippen molar-refractivity contribution in [3.63, 3.8) is 0 Å². The third kappa shape index (κ3) is 5.14. The summed E-state index contributed by atoms with van der Waals surface area (Å²) in [5.41, 5.74) is 1.36. The highest BCUT2D eigenvalue weighted by molar-refractivity contribution is 5.27. The van der Waals surface area contributed by atoms with E-state index in [-0.39, 0.29) is 0 Å². The smallest absolute Gasteiger partial charge is 0.118 e. The maximum absolute atomic E-state index is 5.17. The Morgan fingerprint density at radius 2 is 2.10 bits per heavy atom. The molecule has 1 fully saturated rings. The fraction of sp³-hybridized carbons (Fsp3) is 0.647. The minimum absolute atomic E-state index is 0.587. The van der Waals surface area contributed by atoms with Crippen LogP contribution in [-0.4, -0.2) is 32.3 Å². The lowest BCUT2D eigenvalue weighted by molar-refractivity contribution is 0.346. The summed E-state index contributed by atoms with van der Waals surface area (Å²) in [5.74, 6) is 0.929. The van der Waals surface area contributed by atoms with Crippen LogP contribution < -0.4 is 15.4 Å². The van der Waals surface area contributed by atoms with Crippen LogP contribution in [0.25, 0.3) is 0 Å². The van der Waals surface area contributed by atoms with E-state index in [9.17, 15) is 0 Å². The zero-order valence-corrected chi connectivity index (χ0v) is 12.8. The van der Waals surface area contributed by atoms with Gasteiger partial charge in [0.1, 0.15) is 5.75 Å². The zero-order chi connectivity index (χ0) is 14.2. The lowest BCUT2D eigenvalue weighted by atomic mass is 9.99. The van der Waals surface area contributed by atoms with E-state index < -0.39 is 0 Å². The van der Waals surface area contributed by atoms with Gasteiger partial charge in [0.2, 0.25) is 0 Å². The quantitative estimate of drug-likeness (QED) is 0.803. The third-order valence-corrected chi connectivity index (χ3v) is 4.12. The first-order valence-corrected chi connectivity index (χ1v) is 7.87. The molecule has 0 bridgehead atoms. The van der Waals surface area contributed by atoms with Crippen molar-refractivity contribution in [2.24, 2.45) is 0 Å². The van der Waals surface area contributed by atoms with Gasteiger partial charge in [-0.25, -0.2) is 0 Å². The second-order valence-corrected chi connectivity index (χ2v) is 5.84. The van der Waals surface area contributed by atoms with Gasteiger partial charge in [-0.1, -0.05) is 18.6 Å². The molecule has 1 aliphatic heterocycles. The third-order valence-electron chi connectivity index (χ3n) is 4.12. The number of ether oxygens (including phenoxy) is 1. The Hall–Kier alpha value is -1.06. The molecule has 20 heavy (non-hydrogen) atoms. The van der Waals surface area contributed by atoms with Gasteiger partial charge in [0.25, 0.3) is 0 Å². The Labute approximate surface area is 123 Å². The number of piperidine rings is 1. The number of hydrogen-bond donors (Lipinski definition) is 2. The predicted molar refractivity (Wildman–Crippen MR) is 84.4 cm³/mol. The van der Waals surface area contributed by atoms with Gasteiger partial charge in [0.15, 0.2) is 0 Å². The van der Waals surface area contributed by atoms with Gasteiger partial charge >= 0.3 is 0 Å². The van der Waals surface area contributed by atoms with Gasteiger partial charge in [-0.3, -0.25) is 0 Å². The average molecular weight is 276 g/mol. The molecular weight excluding hydrogens is 248 g/mol. The number of nitrogens with one attached hydrogen (secondary N) is 2. The van der Waals surface area contributed by atoms with Crippen LogP contribution in [-0.2, 0) is 6.42 Å². The van der Waals surface area contributed by atoms with E-state index in [0.717, 1.165) is 18.7 Å². The van der Waals surface area contributed by atoms with Gasteiger partial charge in [-0.05, 0) is 63.4 Å².